The van der Waals surface area contributed by atoms with Crippen LogP contribution < -0.4 is 5.32 Å². The quantitative estimate of drug-likeness (QED) is 0.544. The second-order valence-electron chi connectivity index (χ2n) is 2.73. The minimum absolute atomic E-state index is 0.0482. The molecule has 0 unspecified atom stereocenters. The molecule has 0 saturated carbocycles. The molecule has 5 heteroatoms. The smallest absolute Gasteiger partial charge is 0.313 e. The molecule has 1 fully saturated rings. The van der Waals surface area contributed by atoms with Crippen molar-refractivity contribution in [2.75, 3.05) is 13.1 Å². The van der Waals surface area contributed by atoms with Gasteiger partial charge in [0.25, 0.3) is 0 Å². The summed E-state index contributed by atoms with van der Waals surface area (Å²) in [7, 11) is 0. The Morgan fingerprint density at radius 3 is 2.18 bits per heavy atom. The summed E-state index contributed by atoms with van der Waals surface area (Å²) in [6, 6.07) is 0. The Morgan fingerprint density at radius 1 is 1.18 bits per heavy atom. The highest BCUT2D eigenvalue weighted by Crippen LogP contribution is 2.31. The zero-order valence-electron chi connectivity index (χ0n) is 5.79. The zero-order valence-corrected chi connectivity index (χ0v) is 5.79. The van der Waals surface area contributed by atoms with Crippen LogP contribution in [0.1, 0.15) is 6.42 Å². The van der Waals surface area contributed by atoms with Gasteiger partial charge in [-0.3, -0.25) is 0 Å². The summed E-state index contributed by atoms with van der Waals surface area (Å²) in [6.07, 6.45) is -6.00. The first-order valence-electron chi connectivity index (χ1n) is 3.41. The van der Waals surface area contributed by atoms with Crippen LogP contribution in [0.5, 0.6) is 0 Å². The van der Waals surface area contributed by atoms with Gasteiger partial charge in [0.15, 0.2) is 0 Å². The van der Waals surface area contributed by atoms with Gasteiger partial charge in [-0.15, -0.1) is 0 Å². The average Bonchev–Trinajstić information content (AvgIpc) is 1.86. The lowest BCUT2D eigenvalue weighted by atomic mass is 9.98. The molecule has 1 nitrogen and oxygen atoms in total. The number of halogens is 4. The summed E-state index contributed by atoms with van der Waals surface area (Å²) < 4.78 is 48.1. The molecule has 1 aliphatic heterocycles. The molecule has 1 rings (SSSR count). The normalized spacial score (nSPS) is 33.8. The maximum absolute atomic E-state index is 12.4. The number of rotatable bonds is 0. The fourth-order valence-corrected chi connectivity index (χ4v) is 1.14. The van der Waals surface area contributed by atoms with Crippen LogP contribution in [-0.2, 0) is 0 Å². The topological polar surface area (TPSA) is 12.0 Å². The van der Waals surface area contributed by atoms with Gasteiger partial charge in [0.1, 0.15) is 6.17 Å². The van der Waals surface area contributed by atoms with Crippen molar-refractivity contribution in [3.05, 3.63) is 0 Å². The van der Waals surface area contributed by atoms with Gasteiger partial charge in [0.2, 0.25) is 0 Å². The summed E-state index contributed by atoms with van der Waals surface area (Å²) in [4.78, 5) is 0. The van der Waals surface area contributed by atoms with E-state index in [9.17, 15) is 17.6 Å². The maximum Gasteiger partial charge on any atom is 0.393 e. The van der Waals surface area contributed by atoms with Crippen molar-refractivity contribution in [3.8, 4) is 0 Å². The largest absolute Gasteiger partial charge is 0.393 e. The molecule has 0 amide bonds. The molecule has 1 aliphatic rings. The molecule has 11 heavy (non-hydrogen) atoms. The summed E-state index contributed by atoms with van der Waals surface area (Å²) >= 11 is 0. The number of alkyl halides is 4. The summed E-state index contributed by atoms with van der Waals surface area (Å²) in [5.74, 6) is -1.51. The van der Waals surface area contributed by atoms with Crippen molar-refractivity contribution in [1.29, 1.82) is 0 Å². The van der Waals surface area contributed by atoms with Crippen LogP contribution in [0, 0.1) is 5.92 Å². The number of hydrogen-bond donors (Lipinski definition) is 1. The Labute approximate surface area is 61.8 Å². The van der Waals surface area contributed by atoms with Crippen LogP contribution in [0.4, 0.5) is 17.6 Å². The Kier molecular flexibility index (Phi) is 2.37. The van der Waals surface area contributed by atoms with Crippen molar-refractivity contribution < 1.29 is 17.6 Å². The van der Waals surface area contributed by atoms with Crippen LogP contribution in [0.3, 0.4) is 0 Å². The first-order chi connectivity index (χ1) is 5.00. The molecule has 66 valence electrons. The van der Waals surface area contributed by atoms with Crippen molar-refractivity contribution in [2.45, 2.75) is 18.8 Å². The number of nitrogens with one attached hydrogen (secondary N) is 1. The van der Waals surface area contributed by atoms with Crippen LogP contribution in [0.25, 0.3) is 0 Å². The highest BCUT2D eigenvalue weighted by Gasteiger charge is 2.42. The van der Waals surface area contributed by atoms with Crippen molar-refractivity contribution in [2.24, 2.45) is 5.92 Å². The molecule has 0 radical (unpaired) electrons. The van der Waals surface area contributed by atoms with E-state index in [1.54, 1.807) is 0 Å². The highest BCUT2D eigenvalue weighted by molar-refractivity contribution is 4.80. The van der Waals surface area contributed by atoms with Crippen LogP contribution in [0.15, 0.2) is 0 Å². The fourth-order valence-electron chi connectivity index (χ4n) is 1.14. The Balaban J connectivity index is 2.46. The summed E-state index contributed by atoms with van der Waals surface area (Å²) in [5, 5.41) is 2.40. The molecule has 1 N–H and O–H groups in total. The number of piperidine rings is 1. The molecule has 2 atom stereocenters. The standard InChI is InChI=1S/C6H9F4N/c7-5-1-4(2-11-3-5)6(8,9)10/h4-5,11H,1-3H2/t4-,5+/m0/s1. The van der Waals surface area contributed by atoms with E-state index in [2.05, 4.69) is 5.32 Å². The number of hydrogen-bond acceptors (Lipinski definition) is 1. The van der Waals surface area contributed by atoms with Gasteiger partial charge >= 0.3 is 6.18 Å². The third kappa shape index (κ3) is 2.32. The monoisotopic (exact) mass is 171 g/mol. The minimum atomic E-state index is -4.25. The summed E-state index contributed by atoms with van der Waals surface area (Å²) in [6.45, 7) is -0.101. The van der Waals surface area contributed by atoms with E-state index in [1.165, 1.54) is 0 Å². The molecule has 1 heterocycles. The molecule has 0 aliphatic carbocycles. The molecule has 0 aromatic rings. The average molecular weight is 171 g/mol. The molecule has 0 bridgehead atoms. The van der Waals surface area contributed by atoms with Crippen LogP contribution in [0.2, 0.25) is 0 Å². The van der Waals surface area contributed by atoms with Gasteiger partial charge in [-0.05, 0) is 6.42 Å². The van der Waals surface area contributed by atoms with Crippen LogP contribution in [-0.4, -0.2) is 25.4 Å². The van der Waals surface area contributed by atoms with E-state index >= 15 is 0 Å². The minimum Gasteiger partial charge on any atom is -0.313 e. The molecule has 0 aromatic carbocycles. The van der Waals surface area contributed by atoms with Crippen molar-refractivity contribution >= 4 is 0 Å². The first kappa shape index (κ1) is 8.77. The van der Waals surface area contributed by atoms with Gasteiger partial charge in [0, 0.05) is 13.1 Å². The van der Waals surface area contributed by atoms with Gasteiger partial charge in [-0.25, -0.2) is 4.39 Å². The van der Waals surface area contributed by atoms with E-state index < -0.39 is 24.7 Å². The third-order valence-corrected chi connectivity index (χ3v) is 1.76. The zero-order chi connectivity index (χ0) is 8.48. The Hall–Kier alpha value is -0.320. The van der Waals surface area contributed by atoms with Crippen molar-refractivity contribution in [1.82, 2.24) is 5.32 Å². The Bertz CT molecular complexity index is 133. The molecular formula is C6H9F4N. The van der Waals surface area contributed by atoms with E-state index in [-0.39, 0.29) is 13.1 Å². The Morgan fingerprint density at radius 2 is 1.82 bits per heavy atom. The lowest BCUT2D eigenvalue weighted by Gasteiger charge is -2.27. The third-order valence-electron chi connectivity index (χ3n) is 1.76. The second kappa shape index (κ2) is 2.97. The van der Waals surface area contributed by atoms with Crippen LogP contribution >= 0.6 is 0 Å². The first-order valence-corrected chi connectivity index (χ1v) is 3.41. The predicted molar refractivity (Wildman–Crippen MR) is 31.9 cm³/mol. The lowest BCUT2D eigenvalue weighted by molar-refractivity contribution is -0.182. The SMILES string of the molecule is F[C@H]1CNC[C@@H](C(F)(F)F)C1. The summed E-state index contributed by atoms with van der Waals surface area (Å²) in [5.41, 5.74) is 0. The van der Waals surface area contributed by atoms with Gasteiger partial charge in [-0.2, -0.15) is 13.2 Å². The van der Waals surface area contributed by atoms with E-state index in [0.29, 0.717) is 0 Å². The highest BCUT2D eigenvalue weighted by atomic mass is 19.4. The lowest BCUT2D eigenvalue weighted by Crippen LogP contribution is -2.43. The van der Waals surface area contributed by atoms with E-state index in [4.69, 9.17) is 0 Å². The second-order valence-corrected chi connectivity index (χ2v) is 2.73. The van der Waals surface area contributed by atoms with Crippen molar-refractivity contribution in [3.63, 3.8) is 0 Å². The molecule has 0 spiro atoms. The maximum atomic E-state index is 12.4. The van der Waals surface area contributed by atoms with E-state index in [1.807, 2.05) is 0 Å². The predicted octanol–water partition coefficient (Wildman–Crippen LogP) is 1.50. The van der Waals surface area contributed by atoms with E-state index in [0.717, 1.165) is 0 Å². The molecule has 1 saturated heterocycles. The van der Waals surface area contributed by atoms with Gasteiger partial charge in [0.05, 0.1) is 5.92 Å². The van der Waals surface area contributed by atoms with Gasteiger partial charge in [-0.1, -0.05) is 0 Å². The molecule has 0 aromatic heterocycles. The molecular weight excluding hydrogens is 162 g/mol. The van der Waals surface area contributed by atoms with Gasteiger partial charge < -0.3 is 5.32 Å². The fraction of sp³-hybridized carbons (Fsp3) is 1.00.